The van der Waals surface area contributed by atoms with Crippen LogP contribution in [0.2, 0.25) is 0 Å². The van der Waals surface area contributed by atoms with Gasteiger partial charge in [0.25, 0.3) is 0 Å². The smallest absolute Gasteiger partial charge is 0.428 e. The molecule has 0 bridgehead atoms. The molecular formula is C7H6BFN2O. The highest BCUT2D eigenvalue weighted by Gasteiger charge is 2.20. The van der Waals surface area contributed by atoms with E-state index in [1.807, 2.05) is 0 Å². The van der Waals surface area contributed by atoms with Gasteiger partial charge >= 0.3 is 7.05 Å². The lowest BCUT2D eigenvalue weighted by Gasteiger charge is -2.13. The van der Waals surface area contributed by atoms with Crippen LogP contribution in [0.1, 0.15) is 5.56 Å². The Morgan fingerprint density at radius 3 is 3.17 bits per heavy atom. The van der Waals surface area contributed by atoms with Crippen LogP contribution in [-0.2, 0) is 0 Å². The molecule has 1 aliphatic rings. The van der Waals surface area contributed by atoms with Crippen molar-refractivity contribution in [2.45, 2.75) is 0 Å². The minimum Gasteiger partial charge on any atom is -0.428 e. The number of hydrogen-bond acceptors (Lipinski definition) is 3. The lowest BCUT2D eigenvalue weighted by molar-refractivity contribution is 0.565. The van der Waals surface area contributed by atoms with E-state index in [-0.39, 0.29) is 5.82 Å². The van der Waals surface area contributed by atoms with Crippen molar-refractivity contribution < 1.29 is 9.41 Å². The molecule has 5 heteroatoms. The number of halogens is 1. The van der Waals surface area contributed by atoms with Gasteiger partial charge in [0.15, 0.2) is 0 Å². The minimum absolute atomic E-state index is 0.325. The van der Waals surface area contributed by atoms with E-state index < -0.39 is 7.05 Å². The minimum atomic E-state index is -0.828. The maximum Gasteiger partial charge on any atom is 0.464 e. The average Bonchev–Trinajstić information content (AvgIpc) is 2.04. The van der Waals surface area contributed by atoms with E-state index in [0.717, 1.165) is 0 Å². The van der Waals surface area contributed by atoms with Crippen molar-refractivity contribution in [2.24, 2.45) is 5.10 Å². The van der Waals surface area contributed by atoms with Crippen LogP contribution in [0.25, 0.3) is 0 Å². The van der Waals surface area contributed by atoms with Gasteiger partial charge in [-0.2, -0.15) is 5.10 Å². The lowest BCUT2D eigenvalue weighted by atomic mass is 9.72. The summed E-state index contributed by atoms with van der Waals surface area (Å²) in [6.45, 7) is 0. The van der Waals surface area contributed by atoms with Crippen LogP contribution in [0.15, 0.2) is 23.3 Å². The van der Waals surface area contributed by atoms with Crippen molar-refractivity contribution in [3.63, 3.8) is 0 Å². The zero-order valence-electron chi connectivity index (χ0n) is 6.16. The Bertz CT molecular complexity index is 342. The third-order valence-electron chi connectivity index (χ3n) is 1.74. The highest BCUT2D eigenvalue weighted by molar-refractivity contribution is 6.65. The number of hydrogen-bond donors (Lipinski definition) is 2. The Morgan fingerprint density at radius 1 is 1.50 bits per heavy atom. The molecule has 0 radical (unpaired) electrons. The fraction of sp³-hybridized carbons (Fsp3) is 0. The van der Waals surface area contributed by atoms with Gasteiger partial charge in [0.05, 0.1) is 6.21 Å². The second-order valence-corrected chi connectivity index (χ2v) is 2.56. The van der Waals surface area contributed by atoms with Crippen molar-refractivity contribution >= 4 is 18.7 Å². The number of benzene rings is 1. The summed E-state index contributed by atoms with van der Waals surface area (Å²) in [6.07, 6.45) is 1.48. The van der Waals surface area contributed by atoms with Crippen molar-refractivity contribution in [1.82, 2.24) is 5.34 Å². The van der Waals surface area contributed by atoms with Crippen molar-refractivity contribution in [3.05, 3.63) is 29.6 Å². The third kappa shape index (κ3) is 1.08. The van der Waals surface area contributed by atoms with Gasteiger partial charge in [-0.25, -0.2) is 4.39 Å². The molecular weight excluding hydrogens is 158 g/mol. The highest BCUT2D eigenvalue weighted by atomic mass is 19.1. The molecule has 1 aromatic carbocycles. The molecule has 0 aromatic heterocycles. The molecule has 0 aliphatic carbocycles. The van der Waals surface area contributed by atoms with Crippen LogP contribution in [0.4, 0.5) is 4.39 Å². The molecule has 1 heterocycles. The summed E-state index contributed by atoms with van der Waals surface area (Å²) in [5.74, 6) is -0.325. The first-order valence-electron chi connectivity index (χ1n) is 3.53. The molecule has 1 aromatic rings. The number of nitrogens with zero attached hydrogens (tertiary/aromatic N) is 1. The SMILES string of the molecule is OB1NN=Cc2cc(F)ccc21. The van der Waals surface area contributed by atoms with E-state index >= 15 is 0 Å². The van der Waals surface area contributed by atoms with Gasteiger partial charge in [-0.05, 0) is 23.2 Å². The van der Waals surface area contributed by atoms with Gasteiger partial charge in [0, 0.05) is 0 Å². The summed E-state index contributed by atoms with van der Waals surface area (Å²) in [5.41, 5.74) is 1.26. The number of hydrazone groups is 1. The van der Waals surface area contributed by atoms with Crippen LogP contribution >= 0.6 is 0 Å². The van der Waals surface area contributed by atoms with Crippen molar-refractivity contribution in [2.75, 3.05) is 0 Å². The molecule has 12 heavy (non-hydrogen) atoms. The first-order valence-corrected chi connectivity index (χ1v) is 3.53. The zero-order valence-corrected chi connectivity index (χ0v) is 6.16. The second-order valence-electron chi connectivity index (χ2n) is 2.56. The van der Waals surface area contributed by atoms with Crippen LogP contribution in [0.5, 0.6) is 0 Å². The molecule has 0 amide bonds. The number of nitrogens with one attached hydrogen (secondary N) is 1. The Morgan fingerprint density at radius 2 is 2.33 bits per heavy atom. The predicted molar refractivity (Wildman–Crippen MR) is 44.7 cm³/mol. The zero-order chi connectivity index (χ0) is 8.55. The molecule has 3 nitrogen and oxygen atoms in total. The van der Waals surface area contributed by atoms with E-state index in [1.54, 1.807) is 0 Å². The molecule has 0 unspecified atom stereocenters. The second kappa shape index (κ2) is 2.60. The monoisotopic (exact) mass is 164 g/mol. The summed E-state index contributed by atoms with van der Waals surface area (Å²) in [6, 6.07) is 4.18. The molecule has 0 saturated carbocycles. The van der Waals surface area contributed by atoms with Gasteiger partial charge in [0.2, 0.25) is 0 Å². The van der Waals surface area contributed by atoms with Gasteiger partial charge in [-0.15, -0.1) is 0 Å². The first-order chi connectivity index (χ1) is 5.77. The highest BCUT2D eigenvalue weighted by Crippen LogP contribution is 2.01. The Labute approximate surface area is 69.0 Å². The molecule has 0 spiro atoms. The summed E-state index contributed by atoms with van der Waals surface area (Å²) in [4.78, 5) is 0. The normalized spacial score (nSPS) is 14.0. The average molecular weight is 164 g/mol. The fourth-order valence-corrected chi connectivity index (χ4v) is 1.15. The summed E-state index contributed by atoms with van der Waals surface area (Å²) < 4.78 is 12.7. The molecule has 2 rings (SSSR count). The van der Waals surface area contributed by atoms with Crippen LogP contribution in [0.3, 0.4) is 0 Å². The lowest BCUT2D eigenvalue weighted by Crippen LogP contribution is -2.46. The molecule has 2 N–H and O–H groups in total. The molecule has 60 valence electrons. The van der Waals surface area contributed by atoms with Crippen LogP contribution in [-0.4, -0.2) is 18.3 Å². The fourth-order valence-electron chi connectivity index (χ4n) is 1.15. The van der Waals surface area contributed by atoms with Crippen molar-refractivity contribution in [3.8, 4) is 0 Å². The Hall–Kier alpha value is -1.36. The van der Waals surface area contributed by atoms with E-state index in [4.69, 9.17) is 0 Å². The van der Waals surface area contributed by atoms with Crippen molar-refractivity contribution in [1.29, 1.82) is 0 Å². The third-order valence-corrected chi connectivity index (χ3v) is 1.74. The van der Waals surface area contributed by atoms with Gasteiger partial charge in [0.1, 0.15) is 5.82 Å². The summed E-state index contributed by atoms with van der Waals surface area (Å²) in [7, 11) is -0.828. The van der Waals surface area contributed by atoms with Crippen LogP contribution in [0, 0.1) is 5.82 Å². The largest absolute Gasteiger partial charge is 0.464 e. The summed E-state index contributed by atoms with van der Waals surface area (Å²) in [5, 5.41) is 15.4. The Balaban J connectivity index is 2.55. The van der Waals surface area contributed by atoms with E-state index in [0.29, 0.717) is 11.0 Å². The molecule has 0 atom stereocenters. The van der Waals surface area contributed by atoms with Gasteiger partial charge in [-0.3, -0.25) is 0 Å². The van der Waals surface area contributed by atoms with E-state index in [2.05, 4.69) is 10.4 Å². The predicted octanol–water partition coefficient (Wildman–Crippen LogP) is -0.550. The number of rotatable bonds is 0. The quantitative estimate of drug-likeness (QED) is 0.505. The molecule has 1 aliphatic heterocycles. The van der Waals surface area contributed by atoms with E-state index in [9.17, 15) is 9.41 Å². The maximum absolute atomic E-state index is 12.7. The van der Waals surface area contributed by atoms with Crippen LogP contribution < -0.4 is 10.8 Å². The summed E-state index contributed by atoms with van der Waals surface area (Å²) >= 11 is 0. The first kappa shape index (κ1) is 7.30. The standard InChI is InChI=1S/C7H6BFN2O/c9-6-1-2-7-5(3-6)4-10-11-8(7)12/h1-4,11-12H. The maximum atomic E-state index is 12.7. The Kier molecular flexibility index (Phi) is 1.58. The molecule has 0 fully saturated rings. The number of fused-ring (bicyclic) bond motifs is 1. The molecule has 0 saturated heterocycles. The van der Waals surface area contributed by atoms with Gasteiger partial charge in [-0.1, -0.05) is 6.07 Å². The van der Waals surface area contributed by atoms with E-state index in [1.165, 1.54) is 24.4 Å². The topological polar surface area (TPSA) is 44.6 Å². The van der Waals surface area contributed by atoms with Gasteiger partial charge < -0.3 is 10.4 Å².